The lowest BCUT2D eigenvalue weighted by Crippen LogP contribution is -2.38. The van der Waals surface area contributed by atoms with E-state index in [1.54, 1.807) is 11.9 Å². The van der Waals surface area contributed by atoms with Crippen LogP contribution in [0.1, 0.15) is 16.8 Å². The number of nitrogens with one attached hydrogen (secondary N) is 1. The van der Waals surface area contributed by atoms with Crippen LogP contribution in [0.2, 0.25) is 5.02 Å². The van der Waals surface area contributed by atoms with Crippen molar-refractivity contribution in [1.29, 1.82) is 0 Å². The van der Waals surface area contributed by atoms with Gasteiger partial charge in [0.05, 0.1) is 15.5 Å². The van der Waals surface area contributed by atoms with Crippen LogP contribution in [0, 0.1) is 0 Å². The smallest absolute Gasteiger partial charge is 0.255 e. The SMILES string of the molecule is CN(C(=O)c1cc(S(C)(=O)=O)ccc1Cl)[C@H]1CCNC1. The second kappa shape index (κ2) is 5.71. The van der Waals surface area contributed by atoms with Crippen LogP contribution in [0.25, 0.3) is 0 Å². The van der Waals surface area contributed by atoms with Crippen molar-refractivity contribution < 1.29 is 13.2 Å². The number of likely N-dealkylation sites (N-methyl/N-ethyl adjacent to an activating group) is 1. The van der Waals surface area contributed by atoms with Crippen LogP contribution in [0.5, 0.6) is 0 Å². The number of carbonyl (C=O) groups excluding carboxylic acids is 1. The molecule has 0 aromatic heterocycles. The fourth-order valence-electron chi connectivity index (χ4n) is 2.22. The number of halogens is 1. The van der Waals surface area contributed by atoms with Crippen molar-refractivity contribution in [2.45, 2.75) is 17.4 Å². The van der Waals surface area contributed by atoms with Gasteiger partial charge in [0.1, 0.15) is 0 Å². The summed E-state index contributed by atoms with van der Waals surface area (Å²) >= 11 is 6.03. The Bertz CT molecular complexity index is 625. The number of carbonyl (C=O) groups is 1. The minimum Gasteiger partial charge on any atom is -0.337 e. The molecule has 0 radical (unpaired) electrons. The topological polar surface area (TPSA) is 66.5 Å². The van der Waals surface area contributed by atoms with Crippen molar-refractivity contribution in [3.63, 3.8) is 0 Å². The van der Waals surface area contributed by atoms with Gasteiger partial charge in [-0.3, -0.25) is 4.79 Å². The van der Waals surface area contributed by atoms with E-state index in [4.69, 9.17) is 11.6 Å². The molecule has 1 fully saturated rings. The molecule has 7 heteroatoms. The molecular formula is C13H17ClN2O3S. The molecule has 0 spiro atoms. The highest BCUT2D eigenvalue weighted by molar-refractivity contribution is 7.90. The maximum absolute atomic E-state index is 12.5. The van der Waals surface area contributed by atoms with Crippen LogP contribution in [-0.2, 0) is 9.84 Å². The Morgan fingerprint density at radius 1 is 1.45 bits per heavy atom. The predicted molar refractivity (Wildman–Crippen MR) is 77.9 cm³/mol. The molecule has 1 aromatic rings. The molecule has 5 nitrogen and oxygen atoms in total. The number of benzene rings is 1. The Morgan fingerprint density at radius 2 is 2.15 bits per heavy atom. The van der Waals surface area contributed by atoms with Crippen molar-refractivity contribution in [2.24, 2.45) is 0 Å². The molecule has 1 atom stereocenters. The molecule has 1 aliphatic rings. The molecular weight excluding hydrogens is 300 g/mol. The summed E-state index contributed by atoms with van der Waals surface area (Å²) in [5, 5.41) is 3.45. The molecule has 1 heterocycles. The van der Waals surface area contributed by atoms with Gasteiger partial charge in [-0.25, -0.2) is 8.42 Å². The fourth-order valence-corrected chi connectivity index (χ4v) is 3.07. The molecule has 1 amide bonds. The van der Waals surface area contributed by atoms with Gasteiger partial charge in [0.2, 0.25) is 0 Å². The summed E-state index contributed by atoms with van der Waals surface area (Å²) in [6.45, 7) is 1.62. The van der Waals surface area contributed by atoms with Gasteiger partial charge in [-0.15, -0.1) is 0 Å². The van der Waals surface area contributed by atoms with Crippen molar-refractivity contribution in [1.82, 2.24) is 10.2 Å². The van der Waals surface area contributed by atoms with Gasteiger partial charge in [0, 0.05) is 25.9 Å². The monoisotopic (exact) mass is 316 g/mol. The molecule has 1 N–H and O–H groups in total. The Labute approximate surface area is 123 Å². The molecule has 0 bridgehead atoms. The summed E-state index contributed by atoms with van der Waals surface area (Å²) in [4.78, 5) is 14.2. The lowest BCUT2D eigenvalue weighted by molar-refractivity contribution is 0.0743. The van der Waals surface area contributed by atoms with Crippen LogP contribution in [0.4, 0.5) is 0 Å². The second-order valence-electron chi connectivity index (χ2n) is 4.98. The zero-order valence-corrected chi connectivity index (χ0v) is 13.0. The summed E-state index contributed by atoms with van der Waals surface area (Å²) in [6.07, 6.45) is 1.99. The zero-order valence-electron chi connectivity index (χ0n) is 11.4. The summed E-state index contributed by atoms with van der Waals surface area (Å²) in [5.41, 5.74) is 0.226. The van der Waals surface area contributed by atoms with Gasteiger partial charge in [-0.1, -0.05) is 11.6 Å². The van der Waals surface area contributed by atoms with E-state index in [1.165, 1.54) is 18.2 Å². The van der Waals surface area contributed by atoms with Gasteiger partial charge in [0.15, 0.2) is 9.84 Å². The third kappa shape index (κ3) is 3.13. The standard InChI is InChI=1S/C13H17ClN2O3S/c1-16(9-5-6-15-8-9)13(17)11-7-10(20(2,18)19)3-4-12(11)14/h3-4,7,9,15H,5-6,8H2,1-2H3/t9-/m0/s1. The van der Waals surface area contributed by atoms with E-state index in [2.05, 4.69) is 5.32 Å². The average Bonchev–Trinajstić information content (AvgIpc) is 2.90. The van der Waals surface area contributed by atoms with Crippen LogP contribution in [-0.4, -0.2) is 51.7 Å². The van der Waals surface area contributed by atoms with Crippen LogP contribution in [0.3, 0.4) is 0 Å². The van der Waals surface area contributed by atoms with E-state index in [0.29, 0.717) is 0 Å². The van der Waals surface area contributed by atoms with Crippen molar-refractivity contribution >= 4 is 27.3 Å². The third-order valence-corrected chi connectivity index (χ3v) is 4.94. The third-order valence-electron chi connectivity index (χ3n) is 3.50. The molecule has 2 rings (SSSR count). The van der Waals surface area contributed by atoms with Crippen molar-refractivity contribution in [2.75, 3.05) is 26.4 Å². The van der Waals surface area contributed by atoms with Gasteiger partial charge in [-0.2, -0.15) is 0 Å². The first-order valence-corrected chi connectivity index (χ1v) is 8.55. The molecule has 0 saturated carbocycles. The predicted octanol–water partition coefficient (Wildman–Crippen LogP) is 1.18. The minimum absolute atomic E-state index is 0.100. The first kappa shape index (κ1) is 15.3. The van der Waals surface area contributed by atoms with Crippen molar-refractivity contribution in [3.8, 4) is 0 Å². The molecule has 1 aliphatic heterocycles. The Morgan fingerprint density at radius 3 is 2.70 bits per heavy atom. The number of rotatable bonds is 3. The molecule has 1 aromatic carbocycles. The number of sulfone groups is 1. The maximum atomic E-state index is 12.5. The second-order valence-corrected chi connectivity index (χ2v) is 7.40. The maximum Gasteiger partial charge on any atom is 0.255 e. The van der Waals surface area contributed by atoms with E-state index in [9.17, 15) is 13.2 Å². The van der Waals surface area contributed by atoms with Crippen LogP contribution < -0.4 is 5.32 Å². The van der Waals surface area contributed by atoms with Gasteiger partial charge in [0.25, 0.3) is 5.91 Å². The van der Waals surface area contributed by atoms with Gasteiger partial charge in [-0.05, 0) is 31.2 Å². The Balaban J connectivity index is 2.33. The normalized spacial score (nSPS) is 19.1. The molecule has 20 heavy (non-hydrogen) atoms. The van der Waals surface area contributed by atoms with E-state index in [1.807, 2.05) is 0 Å². The Hall–Kier alpha value is -1.11. The lowest BCUT2D eigenvalue weighted by atomic mass is 10.1. The van der Waals surface area contributed by atoms with Crippen molar-refractivity contribution in [3.05, 3.63) is 28.8 Å². The zero-order chi connectivity index (χ0) is 14.9. The highest BCUT2D eigenvalue weighted by atomic mass is 35.5. The fraction of sp³-hybridized carbons (Fsp3) is 0.462. The van der Waals surface area contributed by atoms with Crippen LogP contribution >= 0.6 is 11.6 Å². The highest BCUT2D eigenvalue weighted by Gasteiger charge is 2.26. The first-order valence-electron chi connectivity index (χ1n) is 6.28. The van der Waals surface area contributed by atoms with E-state index in [-0.39, 0.29) is 27.4 Å². The average molecular weight is 317 g/mol. The Kier molecular flexibility index (Phi) is 4.36. The first-order chi connectivity index (χ1) is 9.30. The largest absolute Gasteiger partial charge is 0.337 e. The van der Waals surface area contributed by atoms with Gasteiger partial charge >= 0.3 is 0 Å². The number of hydrogen-bond donors (Lipinski definition) is 1. The highest BCUT2D eigenvalue weighted by Crippen LogP contribution is 2.23. The molecule has 1 saturated heterocycles. The number of hydrogen-bond acceptors (Lipinski definition) is 4. The molecule has 110 valence electrons. The number of nitrogens with zero attached hydrogens (tertiary/aromatic N) is 1. The quantitative estimate of drug-likeness (QED) is 0.909. The van der Waals surface area contributed by atoms with E-state index >= 15 is 0 Å². The number of amides is 1. The molecule has 0 aliphatic carbocycles. The summed E-state index contributed by atoms with van der Waals surface area (Å²) in [6, 6.07) is 4.32. The van der Waals surface area contributed by atoms with E-state index < -0.39 is 9.84 Å². The van der Waals surface area contributed by atoms with Crippen LogP contribution in [0.15, 0.2) is 23.1 Å². The van der Waals surface area contributed by atoms with Gasteiger partial charge < -0.3 is 10.2 Å². The summed E-state index contributed by atoms with van der Waals surface area (Å²) < 4.78 is 23.1. The van der Waals surface area contributed by atoms with E-state index in [0.717, 1.165) is 25.8 Å². The molecule has 0 unspecified atom stereocenters. The summed E-state index contributed by atoms with van der Waals surface area (Å²) in [7, 11) is -1.65. The summed E-state index contributed by atoms with van der Waals surface area (Å²) in [5.74, 6) is -0.255. The minimum atomic E-state index is -3.36. The lowest BCUT2D eigenvalue weighted by Gasteiger charge is -2.24.